The maximum atomic E-state index is 12.1. The molecule has 2 N–H and O–H groups in total. The Morgan fingerprint density at radius 2 is 2.00 bits per heavy atom. The molecule has 0 radical (unpaired) electrons. The summed E-state index contributed by atoms with van der Waals surface area (Å²) in [6, 6.07) is 9.92. The SMILES string of the molecule is COC(=O)c1cc(N=C2NC(=O)/C(=C/c3ccc([N+](=O)[O-])cc3)S2)ccc1O. The lowest BCUT2D eigenvalue weighted by molar-refractivity contribution is -0.384. The number of carbonyl (C=O) groups is 2. The minimum absolute atomic E-state index is 0.0401. The average molecular weight is 399 g/mol. The Morgan fingerprint density at radius 1 is 1.29 bits per heavy atom. The molecule has 0 aromatic heterocycles. The standard InChI is InChI=1S/C18H13N3O6S/c1-27-17(24)13-9-11(4-7-14(13)22)19-18-20-16(23)15(28-18)8-10-2-5-12(6-3-10)21(25)26/h2-9,22H,1H3,(H,19,20,23)/b15-8-. The number of phenolic OH excluding ortho intramolecular Hbond substituents is 1. The predicted molar refractivity (Wildman–Crippen MR) is 103 cm³/mol. The van der Waals surface area contributed by atoms with E-state index in [0.29, 0.717) is 21.3 Å². The van der Waals surface area contributed by atoms with Crippen molar-refractivity contribution in [1.82, 2.24) is 5.32 Å². The van der Waals surface area contributed by atoms with Crippen LogP contribution in [-0.2, 0) is 9.53 Å². The van der Waals surface area contributed by atoms with Crippen LogP contribution < -0.4 is 5.32 Å². The summed E-state index contributed by atoms with van der Waals surface area (Å²) < 4.78 is 4.59. The zero-order valence-corrected chi connectivity index (χ0v) is 15.2. The molecule has 0 spiro atoms. The van der Waals surface area contributed by atoms with Gasteiger partial charge in [-0.2, -0.15) is 0 Å². The minimum Gasteiger partial charge on any atom is -0.507 e. The van der Waals surface area contributed by atoms with Crippen molar-refractivity contribution < 1.29 is 24.4 Å². The van der Waals surface area contributed by atoms with Gasteiger partial charge in [-0.15, -0.1) is 0 Å². The van der Waals surface area contributed by atoms with Crippen LogP contribution in [0.15, 0.2) is 52.4 Å². The van der Waals surface area contributed by atoms with Crippen LogP contribution in [-0.4, -0.2) is 34.2 Å². The fraction of sp³-hybridized carbons (Fsp3) is 0.0556. The van der Waals surface area contributed by atoms with Crippen LogP contribution in [0.3, 0.4) is 0 Å². The fourth-order valence-electron chi connectivity index (χ4n) is 2.31. The molecule has 2 aromatic rings. The number of amidine groups is 1. The fourth-order valence-corrected chi connectivity index (χ4v) is 3.15. The normalized spacial score (nSPS) is 16.2. The van der Waals surface area contributed by atoms with E-state index in [4.69, 9.17) is 0 Å². The summed E-state index contributed by atoms with van der Waals surface area (Å²) in [6.07, 6.45) is 1.59. The second-order valence-corrected chi connectivity index (χ2v) is 6.55. The molecule has 9 nitrogen and oxygen atoms in total. The topological polar surface area (TPSA) is 131 Å². The van der Waals surface area contributed by atoms with Gasteiger partial charge in [-0.3, -0.25) is 14.9 Å². The van der Waals surface area contributed by atoms with E-state index in [9.17, 15) is 24.8 Å². The number of carbonyl (C=O) groups excluding carboxylic acids is 2. The molecule has 3 rings (SSSR count). The van der Waals surface area contributed by atoms with Gasteiger partial charge in [0.15, 0.2) is 5.17 Å². The van der Waals surface area contributed by atoms with Gasteiger partial charge in [0.2, 0.25) is 0 Å². The van der Waals surface area contributed by atoms with Crippen LogP contribution in [0.4, 0.5) is 11.4 Å². The number of thioether (sulfide) groups is 1. The Labute approximate surface area is 162 Å². The number of aromatic hydroxyl groups is 1. The Balaban J connectivity index is 1.82. The smallest absolute Gasteiger partial charge is 0.341 e. The third-order valence-corrected chi connectivity index (χ3v) is 4.58. The summed E-state index contributed by atoms with van der Waals surface area (Å²) in [6.45, 7) is 0. The van der Waals surface area contributed by atoms with E-state index in [-0.39, 0.29) is 22.9 Å². The number of ether oxygens (including phenoxy) is 1. The van der Waals surface area contributed by atoms with Crippen molar-refractivity contribution in [1.29, 1.82) is 0 Å². The quantitative estimate of drug-likeness (QED) is 0.350. The van der Waals surface area contributed by atoms with Crippen molar-refractivity contribution >= 4 is 46.3 Å². The van der Waals surface area contributed by atoms with Gasteiger partial charge in [-0.05, 0) is 53.7 Å². The molecule has 2 aromatic carbocycles. The van der Waals surface area contributed by atoms with Crippen LogP contribution in [0, 0.1) is 10.1 Å². The first-order valence-electron chi connectivity index (χ1n) is 7.83. The second kappa shape index (κ2) is 7.92. The van der Waals surface area contributed by atoms with Gasteiger partial charge in [0.05, 0.1) is 22.6 Å². The number of hydrogen-bond acceptors (Lipinski definition) is 8. The molecule has 0 unspecified atom stereocenters. The molecule has 142 valence electrons. The molecular weight excluding hydrogens is 386 g/mol. The van der Waals surface area contributed by atoms with E-state index in [2.05, 4.69) is 15.0 Å². The van der Waals surface area contributed by atoms with Crippen molar-refractivity contribution in [3.63, 3.8) is 0 Å². The van der Waals surface area contributed by atoms with Crippen LogP contribution >= 0.6 is 11.8 Å². The van der Waals surface area contributed by atoms with Gasteiger partial charge in [-0.25, -0.2) is 9.79 Å². The summed E-state index contributed by atoms with van der Waals surface area (Å²) >= 11 is 1.08. The number of nitrogens with one attached hydrogen (secondary N) is 1. The van der Waals surface area contributed by atoms with Gasteiger partial charge >= 0.3 is 5.97 Å². The van der Waals surface area contributed by atoms with Crippen molar-refractivity contribution in [3.05, 3.63) is 68.6 Å². The lowest BCUT2D eigenvalue weighted by Crippen LogP contribution is -2.19. The Hall–Kier alpha value is -3.66. The van der Waals surface area contributed by atoms with E-state index in [1.165, 1.54) is 49.6 Å². The number of nitro benzene ring substituents is 1. The first kappa shape index (κ1) is 19.1. The van der Waals surface area contributed by atoms with E-state index in [0.717, 1.165) is 11.8 Å². The highest BCUT2D eigenvalue weighted by Crippen LogP contribution is 2.30. The summed E-state index contributed by atoms with van der Waals surface area (Å²) in [5.41, 5.74) is 0.890. The van der Waals surface area contributed by atoms with E-state index in [1.807, 2.05) is 0 Å². The van der Waals surface area contributed by atoms with E-state index < -0.39 is 10.9 Å². The highest BCUT2D eigenvalue weighted by atomic mass is 32.2. The van der Waals surface area contributed by atoms with Crippen molar-refractivity contribution in [2.24, 2.45) is 4.99 Å². The number of phenols is 1. The second-order valence-electron chi connectivity index (χ2n) is 5.52. The average Bonchev–Trinajstić information content (AvgIpc) is 3.02. The lowest BCUT2D eigenvalue weighted by atomic mass is 10.2. The molecule has 0 atom stereocenters. The molecule has 1 amide bonds. The molecule has 0 aliphatic carbocycles. The number of esters is 1. The van der Waals surface area contributed by atoms with Gasteiger partial charge in [0, 0.05) is 12.1 Å². The van der Waals surface area contributed by atoms with Crippen molar-refractivity contribution in [3.8, 4) is 5.75 Å². The highest BCUT2D eigenvalue weighted by Gasteiger charge is 2.24. The minimum atomic E-state index is -0.707. The zero-order valence-electron chi connectivity index (χ0n) is 14.4. The number of nitro groups is 1. The van der Waals surface area contributed by atoms with Gasteiger partial charge < -0.3 is 15.2 Å². The number of non-ortho nitro benzene ring substituents is 1. The predicted octanol–water partition coefficient (Wildman–Crippen LogP) is 2.98. The largest absolute Gasteiger partial charge is 0.507 e. The zero-order chi connectivity index (χ0) is 20.3. The third-order valence-electron chi connectivity index (χ3n) is 3.67. The molecule has 10 heteroatoms. The number of aliphatic imine (C=N–C) groups is 1. The number of rotatable bonds is 4. The van der Waals surface area contributed by atoms with Crippen LogP contribution in [0.2, 0.25) is 0 Å². The Morgan fingerprint density at radius 3 is 2.64 bits per heavy atom. The van der Waals surface area contributed by atoms with Gasteiger partial charge in [0.1, 0.15) is 11.3 Å². The number of nitrogens with zero attached hydrogens (tertiary/aromatic N) is 2. The molecular formula is C18H13N3O6S. The number of benzene rings is 2. The molecule has 1 aliphatic heterocycles. The summed E-state index contributed by atoms with van der Waals surface area (Å²) in [4.78, 5) is 38.6. The molecule has 0 saturated carbocycles. The molecule has 1 saturated heterocycles. The van der Waals surface area contributed by atoms with Crippen molar-refractivity contribution in [2.75, 3.05) is 7.11 Å². The maximum absolute atomic E-state index is 12.1. The lowest BCUT2D eigenvalue weighted by Gasteiger charge is -2.03. The maximum Gasteiger partial charge on any atom is 0.341 e. The summed E-state index contributed by atoms with van der Waals surface area (Å²) in [5.74, 6) is -1.31. The summed E-state index contributed by atoms with van der Waals surface area (Å²) in [7, 11) is 1.20. The molecule has 0 bridgehead atoms. The number of amides is 1. The first-order valence-corrected chi connectivity index (χ1v) is 8.64. The van der Waals surface area contributed by atoms with Crippen molar-refractivity contribution in [2.45, 2.75) is 0 Å². The van der Waals surface area contributed by atoms with E-state index in [1.54, 1.807) is 6.08 Å². The van der Waals surface area contributed by atoms with Crippen LogP contribution in [0.1, 0.15) is 15.9 Å². The molecule has 1 heterocycles. The number of hydrogen-bond donors (Lipinski definition) is 2. The van der Waals surface area contributed by atoms with E-state index >= 15 is 0 Å². The molecule has 1 fully saturated rings. The van der Waals surface area contributed by atoms with Gasteiger partial charge in [0.25, 0.3) is 11.6 Å². The molecule has 28 heavy (non-hydrogen) atoms. The third kappa shape index (κ3) is 4.18. The summed E-state index contributed by atoms with van der Waals surface area (Å²) in [5, 5.41) is 23.3. The Bertz CT molecular complexity index is 1030. The first-order chi connectivity index (χ1) is 13.4. The molecule has 1 aliphatic rings. The number of methoxy groups -OCH3 is 1. The monoisotopic (exact) mass is 399 g/mol. The van der Waals surface area contributed by atoms with Gasteiger partial charge in [-0.1, -0.05) is 0 Å². The van der Waals surface area contributed by atoms with Crippen LogP contribution in [0.5, 0.6) is 5.75 Å². The van der Waals surface area contributed by atoms with Crippen LogP contribution in [0.25, 0.3) is 6.08 Å². The highest BCUT2D eigenvalue weighted by molar-refractivity contribution is 8.18. The Kier molecular flexibility index (Phi) is 5.41.